The second kappa shape index (κ2) is 11.6. The normalized spacial score (nSPS) is 28.8. The minimum absolute atomic E-state index is 0.147. The zero-order valence-electron chi connectivity index (χ0n) is 19.9. The molecule has 0 aliphatic carbocycles. The molecule has 0 spiro atoms. The van der Waals surface area contributed by atoms with Gasteiger partial charge in [0.1, 0.15) is 30.0 Å². The summed E-state index contributed by atoms with van der Waals surface area (Å²) in [5.74, 6) is -0.706. The number of ether oxygens (including phenoxy) is 2. The van der Waals surface area contributed by atoms with E-state index >= 15 is 0 Å². The Hall–Kier alpha value is -1.76. The average Bonchev–Trinajstić information content (AvgIpc) is 3.58. The molecule has 5 atom stereocenters. The summed E-state index contributed by atoms with van der Waals surface area (Å²) in [6.45, 7) is 2.45. The van der Waals surface area contributed by atoms with Gasteiger partial charge in [-0.1, -0.05) is 75.8 Å². The van der Waals surface area contributed by atoms with Gasteiger partial charge in [0.25, 0.3) is 0 Å². The maximum Gasteiger partial charge on any atom is 0.316 e. The molecule has 0 aromatic heterocycles. The molecule has 3 aliphatic rings. The molecule has 0 radical (unpaired) electrons. The van der Waals surface area contributed by atoms with Gasteiger partial charge < -0.3 is 14.6 Å². The first-order valence-electron chi connectivity index (χ1n) is 12.9. The molecule has 6 nitrogen and oxygen atoms in total. The van der Waals surface area contributed by atoms with Crippen molar-refractivity contribution >= 4 is 11.8 Å². The van der Waals surface area contributed by atoms with Crippen LogP contribution in [0.15, 0.2) is 30.3 Å². The molecular formula is C27H39NO5. The maximum absolute atomic E-state index is 12.8. The molecule has 0 saturated carbocycles. The number of carbonyl (C=O) groups excluding carboxylic acids is 2. The number of aliphatic hydroxyl groups is 1. The molecular weight excluding hydrogens is 418 g/mol. The van der Waals surface area contributed by atoms with Crippen molar-refractivity contribution in [1.29, 1.82) is 0 Å². The third-order valence-electron chi connectivity index (χ3n) is 7.55. The summed E-state index contributed by atoms with van der Waals surface area (Å²) in [6.07, 6.45) is 10.7. The summed E-state index contributed by atoms with van der Waals surface area (Å²) in [6, 6.07) is 9.58. The highest BCUT2D eigenvalue weighted by Crippen LogP contribution is 2.49. The Balaban J connectivity index is 1.23. The summed E-state index contributed by atoms with van der Waals surface area (Å²) < 4.78 is 11.7. The third kappa shape index (κ3) is 6.03. The number of ketones is 1. The predicted octanol–water partition coefficient (Wildman–Crippen LogP) is 4.00. The van der Waals surface area contributed by atoms with Crippen LogP contribution in [0.5, 0.6) is 0 Å². The second-order valence-corrected chi connectivity index (χ2v) is 9.96. The minimum atomic E-state index is -0.656. The van der Waals surface area contributed by atoms with Crippen molar-refractivity contribution in [3.05, 3.63) is 35.9 Å². The molecule has 182 valence electrons. The number of unbranched alkanes of at least 4 members (excludes halogenated alkanes) is 6. The Morgan fingerprint density at radius 2 is 1.67 bits per heavy atom. The Morgan fingerprint density at radius 1 is 1.03 bits per heavy atom. The van der Waals surface area contributed by atoms with Crippen LogP contribution in [0, 0.1) is 0 Å². The number of epoxide rings is 1. The van der Waals surface area contributed by atoms with Crippen molar-refractivity contribution in [3.8, 4) is 0 Å². The molecule has 1 aromatic rings. The Morgan fingerprint density at radius 3 is 2.30 bits per heavy atom. The van der Waals surface area contributed by atoms with Crippen LogP contribution in [0.2, 0.25) is 0 Å². The van der Waals surface area contributed by atoms with Gasteiger partial charge in [0.2, 0.25) is 0 Å². The van der Waals surface area contributed by atoms with Crippen molar-refractivity contribution in [3.63, 3.8) is 0 Å². The quantitative estimate of drug-likeness (QED) is 0.258. The number of nitrogens with zero attached hydrogens (tertiary/aromatic N) is 1. The summed E-state index contributed by atoms with van der Waals surface area (Å²) in [7, 11) is 0. The van der Waals surface area contributed by atoms with Crippen LogP contribution >= 0.6 is 0 Å². The van der Waals surface area contributed by atoms with Gasteiger partial charge in [-0.2, -0.15) is 0 Å². The van der Waals surface area contributed by atoms with Gasteiger partial charge in [-0.15, -0.1) is 0 Å². The highest BCUT2D eigenvalue weighted by molar-refractivity contribution is 5.80. The van der Waals surface area contributed by atoms with E-state index in [1.54, 1.807) is 0 Å². The summed E-state index contributed by atoms with van der Waals surface area (Å²) in [5.41, 5.74) is 0.771. The van der Waals surface area contributed by atoms with Crippen LogP contribution in [0.1, 0.15) is 82.6 Å². The van der Waals surface area contributed by atoms with Gasteiger partial charge in [0.05, 0.1) is 13.2 Å². The zero-order valence-corrected chi connectivity index (χ0v) is 19.9. The molecule has 4 rings (SSSR count). The number of fused-ring (bicyclic) bond motifs is 5. The lowest BCUT2D eigenvalue weighted by molar-refractivity contribution is -0.157. The van der Waals surface area contributed by atoms with Crippen molar-refractivity contribution in [2.75, 3.05) is 13.2 Å². The Kier molecular flexibility index (Phi) is 8.55. The fourth-order valence-electron chi connectivity index (χ4n) is 5.69. The van der Waals surface area contributed by atoms with E-state index in [2.05, 4.69) is 11.8 Å². The van der Waals surface area contributed by atoms with E-state index < -0.39 is 5.92 Å². The molecule has 2 bridgehead atoms. The number of esters is 1. The number of hydrogen-bond acceptors (Lipinski definition) is 6. The monoisotopic (exact) mass is 457 g/mol. The number of carbonyl (C=O) groups is 2. The lowest BCUT2D eigenvalue weighted by atomic mass is 9.96. The highest BCUT2D eigenvalue weighted by Gasteiger charge is 2.64. The molecule has 3 saturated heterocycles. The molecule has 5 unspecified atom stereocenters. The summed E-state index contributed by atoms with van der Waals surface area (Å²) >= 11 is 0. The minimum Gasteiger partial charge on any atom is -0.462 e. The van der Waals surface area contributed by atoms with Crippen LogP contribution in [-0.4, -0.2) is 65.3 Å². The molecule has 0 amide bonds. The maximum atomic E-state index is 12.8. The molecule has 1 N–H and O–H groups in total. The Bertz CT molecular complexity index is 766. The number of piperidine rings is 1. The summed E-state index contributed by atoms with van der Waals surface area (Å²) in [5, 5.41) is 9.76. The standard InChI is InChI=1S/C27H39NO5/c1-2-3-4-5-6-7-11-14-20(30)17-28-23-15-21(16-24(28)26-25(23)33-26)32-27(31)22(18-29)19-12-9-8-10-13-19/h8-10,12-13,21-26,29H,2-7,11,14-18H2,1H3. The fourth-order valence-corrected chi connectivity index (χ4v) is 5.69. The molecule has 1 aromatic carbocycles. The third-order valence-corrected chi connectivity index (χ3v) is 7.55. The van der Waals surface area contributed by atoms with Gasteiger partial charge in [0, 0.05) is 31.3 Å². The smallest absolute Gasteiger partial charge is 0.316 e. The van der Waals surface area contributed by atoms with Crippen molar-refractivity contribution in [2.24, 2.45) is 0 Å². The van der Waals surface area contributed by atoms with Crippen LogP contribution in [0.4, 0.5) is 0 Å². The molecule has 3 heterocycles. The van der Waals surface area contributed by atoms with E-state index in [9.17, 15) is 14.7 Å². The SMILES string of the molecule is CCCCCCCCCC(=O)CN1C2CC(OC(=O)C(CO)c3ccccc3)CC1C1OC12. The van der Waals surface area contributed by atoms with Crippen molar-refractivity contribution in [1.82, 2.24) is 4.90 Å². The molecule has 3 fully saturated rings. The first-order valence-corrected chi connectivity index (χ1v) is 12.9. The number of benzene rings is 1. The van der Waals surface area contributed by atoms with E-state index in [0.29, 0.717) is 31.6 Å². The number of aliphatic hydroxyl groups excluding tert-OH is 1. The first-order chi connectivity index (χ1) is 16.1. The van der Waals surface area contributed by atoms with Gasteiger partial charge >= 0.3 is 5.97 Å². The molecule has 33 heavy (non-hydrogen) atoms. The molecule has 3 aliphatic heterocycles. The van der Waals surface area contributed by atoms with Gasteiger partial charge in [-0.3, -0.25) is 14.5 Å². The zero-order chi connectivity index (χ0) is 23.2. The van der Waals surface area contributed by atoms with Crippen molar-refractivity contribution in [2.45, 2.75) is 107 Å². The van der Waals surface area contributed by atoms with E-state index in [1.807, 2.05) is 30.3 Å². The second-order valence-electron chi connectivity index (χ2n) is 9.96. The lowest BCUT2D eigenvalue weighted by Crippen LogP contribution is -2.52. The van der Waals surface area contributed by atoms with Crippen LogP contribution in [0.3, 0.4) is 0 Å². The first kappa shape index (κ1) is 24.4. The van der Waals surface area contributed by atoms with Crippen molar-refractivity contribution < 1.29 is 24.2 Å². The number of rotatable bonds is 14. The van der Waals surface area contributed by atoms with Gasteiger partial charge in [-0.05, 0) is 12.0 Å². The fraction of sp³-hybridized carbons (Fsp3) is 0.704. The number of Topliss-reactive ketones (excluding diaryl/α,β-unsaturated/α-hetero) is 1. The van der Waals surface area contributed by atoms with Gasteiger partial charge in [-0.25, -0.2) is 0 Å². The summed E-state index contributed by atoms with van der Waals surface area (Å²) in [4.78, 5) is 27.7. The highest BCUT2D eigenvalue weighted by atomic mass is 16.6. The van der Waals surface area contributed by atoms with Gasteiger partial charge in [0.15, 0.2) is 0 Å². The molecule has 6 heteroatoms. The predicted molar refractivity (Wildman–Crippen MR) is 126 cm³/mol. The van der Waals surface area contributed by atoms with E-state index in [0.717, 1.165) is 18.4 Å². The van der Waals surface area contributed by atoms with E-state index in [4.69, 9.17) is 9.47 Å². The van der Waals surface area contributed by atoms with E-state index in [1.165, 1.54) is 32.1 Å². The largest absolute Gasteiger partial charge is 0.462 e. The van der Waals surface area contributed by atoms with Crippen LogP contribution in [-0.2, 0) is 19.1 Å². The van der Waals surface area contributed by atoms with E-state index in [-0.39, 0.29) is 43.0 Å². The lowest BCUT2D eigenvalue weighted by Gasteiger charge is -2.40. The van der Waals surface area contributed by atoms with Crippen LogP contribution < -0.4 is 0 Å². The van der Waals surface area contributed by atoms with Crippen LogP contribution in [0.25, 0.3) is 0 Å². The average molecular weight is 458 g/mol. The number of hydrogen-bond donors (Lipinski definition) is 1. The Labute approximate surface area is 197 Å². The number of morpholine rings is 1. The topological polar surface area (TPSA) is 79.4 Å².